The van der Waals surface area contributed by atoms with Gasteiger partial charge in [-0.1, -0.05) is 6.08 Å². The lowest BCUT2D eigenvalue weighted by Crippen LogP contribution is -2.15. The predicted octanol–water partition coefficient (Wildman–Crippen LogP) is 2.77. The Labute approximate surface area is 102 Å². The normalized spacial score (nSPS) is 25.5. The maximum Gasteiger partial charge on any atom is 0.155 e. The minimum atomic E-state index is 0.118. The van der Waals surface area contributed by atoms with Crippen LogP contribution in [0.4, 0.5) is 0 Å². The molecule has 0 fully saturated rings. The Morgan fingerprint density at radius 2 is 2.18 bits per heavy atom. The first-order valence-corrected chi connectivity index (χ1v) is 6.35. The van der Waals surface area contributed by atoms with Gasteiger partial charge in [0.2, 0.25) is 0 Å². The molecule has 1 atom stereocenters. The van der Waals surface area contributed by atoms with Crippen molar-refractivity contribution in [3.63, 3.8) is 0 Å². The van der Waals surface area contributed by atoms with E-state index in [1.165, 1.54) is 11.1 Å². The maximum absolute atomic E-state index is 11.6. The van der Waals surface area contributed by atoms with Crippen LogP contribution in [0.3, 0.4) is 0 Å². The van der Waals surface area contributed by atoms with Gasteiger partial charge < -0.3 is 9.47 Å². The quantitative estimate of drug-likeness (QED) is 0.704. The van der Waals surface area contributed by atoms with Crippen LogP contribution in [-0.2, 0) is 14.3 Å². The lowest BCUT2D eigenvalue weighted by atomic mass is 9.99. The zero-order valence-corrected chi connectivity index (χ0v) is 10.4. The summed E-state index contributed by atoms with van der Waals surface area (Å²) in [4.78, 5) is 11.6. The molecule has 0 heterocycles. The molecule has 94 valence electrons. The number of carbonyl (C=O) groups excluding carboxylic acids is 1. The minimum absolute atomic E-state index is 0.118. The van der Waals surface area contributed by atoms with Crippen LogP contribution in [0.1, 0.15) is 38.5 Å². The highest BCUT2D eigenvalue weighted by atomic mass is 16.7. The largest absolute Gasteiger partial charge is 0.359 e. The summed E-state index contributed by atoms with van der Waals surface area (Å²) >= 11 is 0. The summed E-state index contributed by atoms with van der Waals surface area (Å²) < 4.78 is 10.6. The van der Waals surface area contributed by atoms with Gasteiger partial charge >= 0.3 is 0 Å². The molecule has 0 amide bonds. The fraction of sp³-hybridized carbons (Fsp3) is 0.643. The fourth-order valence-corrected chi connectivity index (χ4v) is 2.52. The number of allylic oxidation sites excluding steroid dienone is 2. The Bertz CT molecular complexity index is 341. The summed E-state index contributed by atoms with van der Waals surface area (Å²) in [6, 6.07) is 0. The van der Waals surface area contributed by atoms with Gasteiger partial charge in [0.1, 0.15) is 6.79 Å². The lowest BCUT2D eigenvalue weighted by Gasteiger charge is -2.17. The molecule has 0 saturated heterocycles. The molecule has 0 aliphatic heterocycles. The van der Waals surface area contributed by atoms with Crippen LogP contribution >= 0.6 is 0 Å². The smallest absolute Gasteiger partial charge is 0.155 e. The van der Waals surface area contributed by atoms with Gasteiger partial charge in [-0.3, -0.25) is 4.79 Å². The molecular formula is C14H20O3. The number of ketones is 1. The summed E-state index contributed by atoms with van der Waals surface area (Å²) in [6.07, 6.45) is 10.0. The monoisotopic (exact) mass is 236 g/mol. The van der Waals surface area contributed by atoms with Crippen LogP contribution in [-0.4, -0.2) is 25.8 Å². The predicted molar refractivity (Wildman–Crippen MR) is 65.6 cm³/mol. The van der Waals surface area contributed by atoms with E-state index in [1.807, 2.05) is 6.08 Å². The molecule has 0 radical (unpaired) electrons. The van der Waals surface area contributed by atoms with E-state index >= 15 is 0 Å². The van der Waals surface area contributed by atoms with Crippen LogP contribution < -0.4 is 0 Å². The Hall–Kier alpha value is -0.930. The van der Waals surface area contributed by atoms with E-state index in [-0.39, 0.29) is 11.9 Å². The number of rotatable bonds is 4. The number of methoxy groups -OCH3 is 1. The molecule has 0 N–H and O–H groups in total. The van der Waals surface area contributed by atoms with Crippen molar-refractivity contribution < 1.29 is 14.3 Å². The molecule has 0 saturated carbocycles. The molecule has 2 aliphatic carbocycles. The number of hydrogen-bond donors (Lipinski definition) is 0. The van der Waals surface area contributed by atoms with Crippen molar-refractivity contribution in [1.82, 2.24) is 0 Å². The van der Waals surface area contributed by atoms with Crippen LogP contribution in [0.5, 0.6) is 0 Å². The van der Waals surface area contributed by atoms with Crippen molar-refractivity contribution in [3.8, 4) is 0 Å². The summed E-state index contributed by atoms with van der Waals surface area (Å²) in [5.41, 5.74) is 2.41. The first kappa shape index (κ1) is 12.5. The first-order valence-electron chi connectivity index (χ1n) is 6.35. The molecule has 0 bridgehead atoms. The second-order valence-electron chi connectivity index (χ2n) is 4.64. The average molecular weight is 236 g/mol. The molecular weight excluding hydrogens is 216 g/mol. The van der Waals surface area contributed by atoms with Crippen molar-refractivity contribution in [2.75, 3.05) is 13.9 Å². The van der Waals surface area contributed by atoms with Gasteiger partial charge in [0.15, 0.2) is 5.78 Å². The standard InChI is InChI=1S/C14H20O3/c1-16-10-17-14-8-4-7-13(14)11-5-2-3-6-12(15)9-11/h7,9,14H,2-6,8,10H2,1H3. The highest BCUT2D eigenvalue weighted by Crippen LogP contribution is 2.32. The van der Waals surface area contributed by atoms with E-state index in [0.717, 1.165) is 32.1 Å². The Kier molecular flexibility index (Phi) is 4.51. The van der Waals surface area contributed by atoms with Gasteiger partial charge in [0.05, 0.1) is 6.10 Å². The van der Waals surface area contributed by atoms with Gasteiger partial charge in [0.25, 0.3) is 0 Å². The van der Waals surface area contributed by atoms with E-state index in [2.05, 4.69) is 6.08 Å². The average Bonchev–Trinajstić information content (AvgIpc) is 2.68. The SMILES string of the molecule is COCOC1CCC=C1C1=CC(=O)CCCC1. The molecule has 0 spiro atoms. The Morgan fingerprint density at radius 1 is 1.35 bits per heavy atom. The van der Waals surface area contributed by atoms with Gasteiger partial charge in [-0.25, -0.2) is 0 Å². The van der Waals surface area contributed by atoms with Crippen LogP contribution in [0, 0.1) is 0 Å². The van der Waals surface area contributed by atoms with Crippen molar-refractivity contribution in [2.45, 2.75) is 44.6 Å². The first-order chi connectivity index (χ1) is 8.31. The van der Waals surface area contributed by atoms with Gasteiger partial charge in [-0.2, -0.15) is 0 Å². The van der Waals surface area contributed by atoms with Crippen LogP contribution in [0.2, 0.25) is 0 Å². The van der Waals surface area contributed by atoms with Crippen molar-refractivity contribution in [2.24, 2.45) is 0 Å². The molecule has 0 aromatic rings. The molecule has 0 aromatic heterocycles. The third-order valence-corrected chi connectivity index (χ3v) is 3.35. The summed E-state index contributed by atoms with van der Waals surface area (Å²) in [5, 5.41) is 0. The molecule has 0 aromatic carbocycles. The zero-order chi connectivity index (χ0) is 12.1. The molecule has 3 heteroatoms. The van der Waals surface area contributed by atoms with Crippen molar-refractivity contribution in [3.05, 3.63) is 23.3 Å². The highest BCUT2D eigenvalue weighted by molar-refractivity contribution is 5.91. The number of carbonyl (C=O) groups is 1. The minimum Gasteiger partial charge on any atom is -0.359 e. The fourth-order valence-electron chi connectivity index (χ4n) is 2.52. The van der Waals surface area contributed by atoms with E-state index in [0.29, 0.717) is 13.2 Å². The third kappa shape index (κ3) is 3.27. The van der Waals surface area contributed by atoms with Gasteiger partial charge in [-0.15, -0.1) is 0 Å². The molecule has 2 rings (SSSR count). The van der Waals surface area contributed by atoms with Crippen molar-refractivity contribution in [1.29, 1.82) is 0 Å². The Morgan fingerprint density at radius 3 is 3.00 bits per heavy atom. The molecule has 3 nitrogen and oxygen atoms in total. The number of ether oxygens (including phenoxy) is 2. The maximum atomic E-state index is 11.6. The second-order valence-corrected chi connectivity index (χ2v) is 4.64. The Balaban J connectivity index is 2.06. The van der Waals surface area contributed by atoms with Gasteiger partial charge in [-0.05, 0) is 49.3 Å². The third-order valence-electron chi connectivity index (χ3n) is 3.35. The summed E-state index contributed by atoms with van der Waals surface area (Å²) in [7, 11) is 1.63. The topological polar surface area (TPSA) is 35.5 Å². The second kappa shape index (κ2) is 6.12. The van der Waals surface area contributed by atoms with Crippen LogP contribution in [0.25, 0.3) is 0 Å². The van der Waals surface area contributed by atoms with Crippen LogP contribution in [0.15, 0.2) is 23.3 Å². The van der Waals surface area contributed by atoms with Crippen molar-refractivity contribution >= 4 is 5.78 Å². The summed E-state index contributed by atoms with van der Waals surface area (Å²) in [5.74, 6) is 0.260. The van der Waals surface area contributed by atoms with E-state index in [1.54, 1.807) is 7.11 Å². The lowest BCUT2D eigenvalue weighted by molar-refractivity contribution is -0.114. The molecule has 2 aliphatic rings. The number of hydrogen-bond acceptors (Lipinski definition) is 3. The van der Waals surface area contributed by atoms with E-state index in [9.17, 15) is 4.79 Å². The van der Waals surface area contributed by atoms with E-state index in [4.69, 9.17) is 9.47 Å². The molecule has 1 unspecified atom stereocenters. The molecule has 17 heavy (non-hydrogen) atoms. The highest BCUT2D eigenvalue weighted by Gasteiger charge is 2.24. The van der Waals surface area contributed by atoms with Gasteiger partial charge in [0, 0.05) is 13.5 Å². The summed E-state index contributed by atoms with van der Waals surface area (Å²) in [6.45, 7) is 0.323. The zero-order valence-electron chi connectivity index (χ0n) is 10.4. The van der Waals surface area contributed by atoms with E-state index < -0.39 is 0 Å².